The van der Waals surface area contributed by atoms with Gasteiger partial charge in [0.25, 0.3) is 0 Å². The van der Waals surface area contributed by atoms with E-state index in [2.05, 4.69) is 39.6 Å². The number of halogens is 1. The third-order valence-corrected chi connectivity index (χ3v) is 4.70. The van der Waals surface area contributed by atoms with Gasteiger partial charge in [-0.2, -0.15) is 0 Å². The summed E-state index contributed by atoms with van der Waals surface area (Å²) in [6.45, 7) is 0. The molecule has 4 nitrogen and oxygen atoms in total. The molecule has 0 aliphatic heterocycles. The van der Waals surface area contributed by atoms with Gasteiger partial charge in [-0.15, -0.1) is 0 Å². The van der Waals surface area contributed by atoms with Gasteiger partial charge in [0.2, 0.25) is 11.9 Å². The SMILES string of the molecule is O=C(Nc1nccc(Cl)n1)C1C2CCc3ccccc3C21. The molecule has 21 heavy (non-hydrogen) atoms. The molecule has 0 radical (unpaired) electrons. The van der Waals surface area contributed by atoms with Gasteiger partial charge in [0.1, 0.15) is 5.15 Å². The summed E-state index contributed by atoms with van der Waals surface area (Å²) in [6, 6.07) is 10.0. The van der Waals surface area contributed by atoms with Gasteiger partial charge in [0.05, 0.1) is 0 Å². The Morgan fingerprint density at radius 2 is 2.14 bits per heavy atom. The first-order valence-electron chi connectivity index (χ1n) is 7.11. The lowest BCUT2D eigenvalue weighted by Crippen LogP contribution is -2.17. The van der Waals surface area contributed by atoms with Crippen molar-refractivity contribution in [3.05, 3.63) is 52.8 Å². The van der Waals surface area contributed by atoms with Crippen molar-refractivity contribution in [3.63, 3.8) is 0 Å². The maximum absolute atomic E-state index is 12.4. The Morgan fingerprint density at radius 3 is 3.00 bits per heavy atom. The first-order valence-corrected chi connectivity index (χ1v) is 7.49. The normalized spacial score (nSPS) is 25.7. The van der Waals surface area contributed by atoms with E-state index in [4.69, 9.17) is 11.6 Å². The van der Waals surface area contributed by atoms with Crippen LogP contribution in [0.4, 0.5) is 5.95 Å². The van der Waals surface area contributed by atoms with Crippen molar-refractivity contribution < 1.29 is 4.79 Å². The number of amides is 1. The number of aryl methyl sites for hydroxylation is 1. The van der Waals surface area contributed by atoms with Gasteiger partial charge in [-0.25, -0.2) is 9.97 Å². The van der Waals surface area contributed by atoms with Crippen LogP contribution in [0.2, 0.25) is 5.15 Å². The van der Waals surface area contributed by atoms with E-state index in [1.807, 2.05) is 0 Å². The third-order valence-electron chi connectivity index (χ3n) is 4.49. The molecular weight excluding hydrogens is 286 g/mol. The molecule has 106 valence electrons. The highest BCUT2D eigenvalue weighted by Gasteiger charge is 2.57. The summed E-state index contributed by atoms with van der Waals surface area (Å²) < 4.78 is 0. The Hall–Kier alpha value is -1.94. The second-order valence-corrected chi connectivity index (χ2v) is 6.03. The molecule has 0 saturated heterocycles. The lowest BCUT2D eigenvalue weighted by Gasteiger charge is -2.13. The van der Waals surface area contributed by atoms with E-state index in [1.54, 1.807) is 12.3 Å². The number of hydrogen-bond donors (Lipinski definition) is 1. The molecule has 1 heterocycles. The predicted molar refractivity (Wildman–Crippen MR) is 80.2 cm³/mol. The summed E-state index contributed by atoms with van der Waals surface area (Å²) in [5.41, 5.74) is 2.72. The Balaban J connectivity index is 1.53. The van der Waals surface area contributed by atoms with Crippen molar-refractivity contribution in [1.82, 2.24) is 9.97 Å². The van der Waals surface area contributed by atoms with Gasteiger partial charge in [0, 0.05) is 12.1 Å². The largest absolute Gasteiger partial charge is 0.294 e. The zero-order valence-corrected chi connectivity index (χ0v) is 12.0. The Morgan fingerprint density at radius 1 is 1.29 bits per heavy atom. The molecule has 4 rings (SSSR count). The molecule has 0 spiro atoms. The van der Waals surface area contributed by atoms with Crippen molar-refractivity contribution in [2.45, 2.75) is 18.8 Å². The molecule has 1 saturated carbocycles. The summed E-state index contributed by atoms with van der Waals surface area (Å²) in [5, 5.41) is 3.12. The van der Waals surface area contributed by atoms with Crippen molar-refractivity contribution in [2.24, 2.45) is 11.8 Å². The van der Waals surface area contributed by atoms with Crippen LogP contribution >= 0.6 is 11.6 Å². The van der Waals surface area contributed by atoms with E-state index in [0.717, 1.165) is 12.8 Å². The second-order valence-electron chi connectivity index (χ2n) is 5.65. The van der Waals surface area contributed by atoms with Crippen LogP contribution < -0.4 is 5.32 Å². The number of anilines is 1. The highest BCUT2D eigenvalue weighted by Crippen LogP contribution is 2.60. The average molecular weight is 300 g/mol. The Kier molecular flexibility index (Phi) is 2.93. The number of benzene rings is 1. The molecule has 1 amide bonds. The van der Waals surface area contributed by atoms with Gasteiger partial charge in [-0.1, -0.05) is 35.9 Å². The summed E-state index contributed by atoms with van der Waals surface area (Å²) in [7, 11) is 0. The van der Waals surface area contributed by atoms with Crippen molar-refractivity contribution in [1.29, 1.82) is 0 Å². The highest BCUT2D eigenvalue weighted by atomic mass is 35.5. The molecule has 1 fully saturated rings. The van der Waals surface area contributed by atoms with Crippen molar-refractivity contribution in [2.75, 3.05) is 5.32 Å². The topological polar surface area (TPSA) is 54.9 Å². The maximum atomic E-state index is 12.4. The minimum absolute atomic E-state index is 0.00368. The van der Waals surface area contributed by atoms with Crippen LogP contribution in [0.3, 0.4) is 0 Å². The van der Waals surface area contributed by atoms with E-state index >= 15 is 0 Å². The zero-order chi connectivity index (χ0) is 14.4. The van der Waals surface area contributed by atoms with Gasteiger partial charge in [-0.3, -0.25) is 10.1 Å². The fourth-order valence-electron chi connectivity index (χ4n) is 3.51. The monoisotopic (exact) mass is 299 g/mol. The van der Waals surface area contributed by atoms with Crippen LogP contribution in [0.25, 0.3) is 0 Å². The number of aromatic nitrogens is 2. The fraction of sp³-hybridized carbons (Fsp3) is 0.312. The zero-order valence-electron chi connectivity index (χ0n) is 11.3. The molecule has 1 N–H and O–H groups in total. The van der Waals surface area contributed by atoms with Crippen molar-refractivity contribution in [3.8, 4) is 0 Å². The lowest BCUT2D eigenvalue weighted by atomic mass is 9.92. The molecule has 2 aromatic rings. The Bertz CT molecular complexity index is 718. The minimum atomic E-state index is 0.00368. The first-order chi connectivity index (χ1) is 10.2. The summed E-state index contributed by atoms with van der Waals surface area (Å²) in [5.74, 6) is 1.14. The van der Waals surface area contributed by atoms with Crippen LogP contribution in [0, 0.1) is 11.8 Å². The van der Waals surface area contributed by atoms with Gasteiger partial charge >= 0.3 is 0 Å². The quantitative estimate of drug-likeness (QED) is 0.867. The van der Waals surface area contributed by atoms with Gasteiger partial charge in [0.15, 0.2) is 0 Å². The number of carbonyl (C=O) groups excluding carboxylic acids is 1. The van der Waals surface area contributed by atoms with Crippen LogP contribution in [0.1, 0.15) is 23.5 Å². The van der Waals surface area contributed by atoms with E-state index in [0.29, 0.717) is 17.0 Å². The molecule has 5 heteroatoms. The minimum Gasteiger partial charge on any atom is -0.294 e. The van der Waals surface area contributed by atoms with Crippen LogP contribution in [0.5, 0.6) is 0 Å². The lowest BCUT2D eigenvalue weighted by molar-refractivity contribution is -0.117. The summed E-state index contributed by atoms with van der Waals surface area (Å²) >= 11 is 5.81. The van der Waals surface area contributed by atoms with E-state index in [9.17, 15) is 4.79 Å². The van der Waals surface area contributed by atoms with Crippen molar-refractivity contribution >= 4 is 23.5 Å². The number of fused-ring (bicyclic) bond motifs is 3. The number of nitrogens with one attached hydrogen (secondary N) is 1. The Labute approximate surface area is 127 Å². The fourth-order valence-corrected chi connectivity index (χ4v) is 3.65. The van der Waals surface area contributed by atoms with Gasteiger partial charge < -0.3 is 0 Å². The standard InChI is InChI=1S/C16H14ClN3O/c17-12-7-8-18-16(19-12)20-15(21)14-11-6-5-9-3-1-2-4-10(9)13(11)14/h1-4,7-8,11,13-14H,5-6H2,(H,18,19,20,21). The van der Waals surface area contributed by atoms with Gasteiger partial charge in [-0.05, 0) is 41.9 Å². The summed E-state index contributed by atoms with van der Waals surface area (Å²) in [4.78, 5) is 20.5. The second kappa shape index (κ2) is 4.81. The van der Waals surface area contributed by atoms with Crippen LogP contribution in [-0.2, 0) is 11.2 Å². The number of hydrogen-bond acceptors (Lipinski definition) is 3. The number of carbonyl (C=O) groups is 1. The smallest absolute Gasteiger partial charge is 0.230 e. The molecule has 3 atom stereocenters. The average Bonchev–Trinajstić information content (AvgIpc) is 3.22. The third kappa shape index (κ3) is 2.20. The highest BCUT2D eigenvalue weighted by molar-refractivity contribution is 6.29. The van der Waals surface area contributed by atoms with E-state index in [1.165, 1.54) is 11.1 Å². The van der Waals surface area contributed by atoms with E-state index in [-0.39, 0.29) is 17.8 Å². The molecule has 1 aromatic heterocycles. The molecule has 2 aliphatic carbocycles. The molecular formula is C16H14ClN3O. The van der Waals surface area contributed by atoms with Crippen LogP contribution in [-0.4, -0.2) is 15.9 Å². The molecule has 1 aromatic carbocycles. The molecule has 0 bridgehead atoms. The molecule has 2 aliphatic rings. The molecule has 3 unspecified atom stereocenters. The first kappa shape index (κ1) is 12.8. The van der Waals surface area contributed by atoms with E-state index < -0.39 is 0 Å². The summed E-state index contributed by atoms with van der Waals surface area (Å²) in [6.07, 6.45) is 3.69. The maximum Gasteiger partial charge on any atom is 0.230 e. The number of rotatable bonds is 2. The van der Waals surface area contributed by atoms with Crippen LogP contribution in [0.15, 0.2) is 36.5 Å². The predicted octanol–water partition coefficient (Wildman–Crippen LogP) is 3.04. The number of nitrogens with zero attached hydrogens (tertiary/aromatic N) is 2.